The molecule has 80 heavy (non-hydrogen) atoms. The summed E-state index contributed by atoms with van der Waals surface area (Å²) in [5.41, 5.74) is 15.4. The number of fused-ring (bicyclic) bond motifs is 3. The van der Waals surface area contributed by atoms with Crippen molar-refractivity contribution in [1.82, 2.24) is 58.9 Å². The normalized spacial score (nSPS) is 29.2. The fourth-order valence-electron chi connectivity index (χ4n) is 8.82. The molecule has 0 radical (unpaired) electrons. The molecule has 9 heterocycles. The number of aryl methyl sites for hydroxylation is 1. The molecule has 6 aromatic heterocycles. The Balaban J connectivity index is 0.876. The first-order valence-electron chi connectivity index (χ1n) is 22.7. The molecule has 0 aliphatic carbocycles. The number of methoxy groups -OCH3 is 1. The highest BCUT2D eigenvalue weighted by Gasteiger charge is 2.53. The molecule has 0 bridgehead atoms. The molecule has 3 aliphatic rings. The predicted octanol–water partition coefficient (Wildman–Crippen LogP) is -4.73. The van der Waals surface area contributed by atoms with Crippen molar-refractivity contribution in [3.63, 3.8) is 0 Å². The Hall–Kier alpha value is -5.84. The van der Waals surface area contributed by atoms with Crippen molar-refractivity contribution >= 4 is 88.6 Å². The maximum Gasteiger partial charge on any atom is 0.490 e. The summed E-state index contributed by atoms with van der Waals surface area (Å²) in [6, 6.07) is 0. The number of amides is 1. The molecule has 41 nitrogen and oxygen atoms in total. The number of nitrogen functional groups attached to an aromatic ring is 3. The lowest BCUT2D eigenvalue weighted by molar-refractivity contribution is -0.646. The SMILES string of the molecule is CNC(=O)OC[C@H]1[C@@H](O)[C@H](n2c[n+](C)c3c(=O)[nH]c(N)nc32)O[C@@H]1COP(=O)(O)OP(=O)(O)OP(=O)(O)OCC1O[C@@H](n2cnc3c(N)ncnc32)[C@H](OC)[C@@H]1OP(=O)([O-])OC[C@H]1O[C@@H](n2cnc3c(=O)[nH]c(N)nc32)[C@H](O)[C@@H]1O. The number of hydrogen-bond acceptors (Lipinski definition) is 31. The number of alkyl carbamates (subject to hydrolysis) is 1. The Labute approximate surface area is 443 Å². The van der Waals surface area contributed by atoms with Gasteiger partial charge in [0.1, 0.15) is 61.2 Å². The van der Waals surface area contributed by atoms with Gasteiger partial charge in [0.05, 0.1) is 51.5 Å². The van der Waals surface area contributed by atoms with E-state index in [-0.39, 0.29) is 51.2 Å². The summed E-state index contributed by atoms with van der Waals surface area (Å²) < 4.78 is 115. The Bertz CT molecular complexity index is 3640. The highest BCUT2D eigenvalue weighted by atomic mass is 31.3. The Morgan fingerprint density at radius 3 is 1.96 bits per heavy atom. The van der Waals surface area contributed by atoms with E-state index in [2.05, 4.69) is 53.8 Å². The third-order valence-corrected chi connectivity index (χ3v) is 17.6. The third-order valence-electron chi connectivity index (χ3n) is 12.3. The molecule has 15 N–H and O–H groups in total. The van der Waals surface area contributed by atoms with E-state index in [9.17, 15) is 67.5 Å². The van der Waals surface area contributed by atoms with Crippen LogP contribution in [0.15, 0.2) is 34.9 Å². The van der Waals surface area contributed by atoms with E-state index < -0.39 is 148 Å². The zero-order valence-electron chi connectivity index (χ0n) is 41.0. The van der Waals surface area contributed by atoms with Gasteiger partial charge in [-0.05, 0) is 0 Å². The van der Waals surface area contributed by atoms with Crippen LogP contribution in [0.3, 0.4) is 0 Å². The lowest BCUT2D eigenvalue weighted by Crippen LogP contribution is -2.39. The van der Waals surface area contributed by atoms with Crippen molar-refractivity contribution < 1.29 is 113 Å². The topological polar surface area (TPSA) is 583 Å². The third kappa shape index (κ3) is 12.0. The average molecular weight is 1220 g/mol. The summed E-state index contributed by atoms with van der Waals surface area (Å²) in [4.78, 5) is 111. The molecule has 5 unspecified atom stereocenters. The number of hydrogen-bond donors (Lipinski definition) is 12. The first-order valence-corrected chi connectivity index (χ1v) is 28.7. The summed E-state index contributed by atoms with van der Waals surface area (Å²) in [5, 5.41) is 35.3. The minimum absolute atomic E-state index is 0.0158. The summed E-state index contributed by atoms with van der Waals surface area (Å²) in [6.07, 6.45) is -15.0. The second-order valence-electron chi connectivity index (χ2n) is 17.5. The maximum atomic E-state index is 13.6. The Kier molecular flexibility index (Phi) is 16.5. The van der Waals surface area contributed by atoms with Crippen LogP contribution >= 0.6 is 31.3 Å². The number of phosphoric ester groups is 3. The van der Waals surface area contributed by atoms with Gasteiger partial charge in [0.25, 0.3) is 24.5 Å². The highest BCUT2D eigenvalue weighted by Crippen LogP contribution is 2.68. The molecule has 0 saturated carbocycles. The summed E-state index contributed by atoms with van der Waals surface area (Å²) in [5.74, 6) is -2.07. The molecule has 3 saturated heterocycles. The number of nitrogens with one attached hydrogen (secondary N) is 3. The molecule has 3 fully saturated rings. The van der Waals surface area contributed by atoms with E-state index in [4.69, 9.17) is 59.0 Å². The van der Waals surface area contributed by atoms with Gasteiger partial charge in [-0.2, -0.15) is 23.2 Å². The second kappa shape index (κ2) is 22.5. The molecule has 438 valence electrons. The minimum atomic E-state index is -6.26. The summed E-state index contributed by atoms with van der Waals surface area (Å²) >= 11 is 0. The number of aliphatic hydroxyl groups is 3. The fourth-order valence-corrected chi connectivity index (χ4v) is 13.3. The van der Waals surface area contributed by atoms with E-state index in [1.807, 2.05) is 0 Å². The maximum absolute atomic E-state index is 13.6. The van der Waals surface area contributed by atoms with Crippen LogP contribution in [-0.2, 0) is 75.7 Å². The van der Waals surface area contributed by atoms with Gasteiger partial charge >= 0.3 is 35.1 Å². The van der Waals surface area contributed by atoms with Gasteiger partial charge in [-0.1, -0.05) is 0 Å². The van der Waals surface area contributed by atoms with Crippen molar-refractivity contribution in [1.29, 1.82) is 0 Å². The number of aliphatic hydroxyl groups excluding tert-OH is 3. The van der Waals surface area contributed by atoms with E-state index in [1.165, 1.54) is 34.1 Å². The van der Waals surface area contributed by atoms with Gasteiger partial charge in [0.2, 0.25) is 24.5 Å². The molecule has 16 atom stereocenters. The highest BCUT2D eigenvalue weighted by molar-refractivity contribution is 7.66. The smallest absolute Gasteiger partial charge is 0.490 e. The predicted molar refractivity (Wildman–Crippen MR) is 255 cm³/mol. The lowest BCUT2D eigenvalue weighted by atomic mass is 9.99. The molecular formula is C35H48N16O25P4. The van der Waals surface area contributed by atoms with Gasteiger partial charge < -0.3 is 90.1 Å². The van der Waals surface area contributed by atoms with Crippen molar-refractivity contribution in [2.45, 2.75) is 67.5 Å². The molecule has 1 amide bonds. The van der Waals surface area contributed by atoms with Crippen LogP contribution in [0, 0.1) is 5.92 Å². The zero-order valence-corrected chi connectivity index (χ0v) is 44.6. The van der Waals surface area contributed by atoms with E-state index in [0.29, 0.717) is 0 Å². The van der Waals surface area contributed by atoms with Crippen molar-refractivity contribution in [3.05, 3.63) is 46.0 Å². The Morgan fingerprint density at radius 2 is 1.30 bits per heavy atom. The monoisotopic (exact) mass is 1220 g/mol. The quantitative estimate of drug-likeness (QED) is 0.0238. The molecule has 9 rings (SSSR count). The zero-order chi connectivity index (χ0) is 58.0. The van der Waals surface area contributed by atoms with E-state index in [0.717, 1.165) is 30.7 Å². The molecule has 6 aromatic rings. The number of aromatic nitrogens is 12. The Morgan fingerprint density at radius 1 is 0.725 bits per heavy atom. The van der Waals surface area contributed by atoms with Crippen LogP contribution in [0.1, 0.15) is 18.7 Å². The van der Waals surface area contributed by atoms with Gasteiger partial charge in [-0.3, -0.25) is 42.3 Å². The number of ether oxygens (including phenoxy) is 5. The first-order chi connectivity index (χ1) is 37.6. The van der Waals surface area contributed by atoms with Gasteiger partial charge in [-0.15, -0.1) is 0 Å². The number of carbonyl (C=O) groups is 1. The van der Waals surface area contributed by atoms with Crippen molar-refractivity contribution in [3.8, 4) is 0 Å². The fraction of sp³-hybridized carbons (Fsp3) is 0.543. The van der Waals surface area contributed by atoms with E-state index in [1.54, 1.807) is 0 Å². The van der Waals surface area contributed by atoms with Crippen LogP contribution in [0.25, 0.3) is 33.5 Å². The first kappa shape index (κ1) is 58.8. The lowest BCUT2D eigenvalue weighted by Gasteiger charge is -2.31. The summed E-state index contributed by atoms with van der Waals surface area (Å²) in [7, 11) is -20.2. The van der Waals surface area contributed by atoms with Gasteiger partial charge in [0.15, 0.2) is 35.1 Å². The van der Waals surface area contributed by atoms with Crippen LogP contribution in [0.2, 0.25) is 0 Å². The number of nitrogens with zero attached hydrogens (tertiary/aromatic N) is 10. The van der Waals surface area contributed by atoms with Crippen LogP contribution < -0.4 is 43.1 Å². The number of phosphoric acid groups is 4. The van der Waals surface area contributed by atoms with Crippen LogP contribution in [0.4, 0.5) is 22.5 Å². The number of aromatic amines is 2. The largest absolute Gasteiger partial charge is 0.756 e. The summed E-state index contributed by atoms with van der Waals surface area (Å²) in [6.45, 7) is -4.10. The van der Waals surface area contributed by atoms with Crippen molar-refractivity contribution in [2.75, 3.05) is 57.8 Å². The molecule has 0 aromatic carbocycles. The van der Waals surface area contributed by atoms with Crippen LogP contribution in [-0.4, -0.2) is 179 Å². The minimum Gasteiger partial charge on any atom is -0.756 e. The number of H-pyrrole nitrogens is 2. The molecular weight excluding hydrogens is 1170 g/mol. The molecule has 45 heteroatoms. The number of anilines is 3. The molecule has 3 aliphatic heterocycles. The average Bonchev–Trinajstić information content (AvgIpc) is 4.23. The number of imidazole rings is 3. The second-order valence-corrected chi connectivity index (χ2v) is 23.5. The number of rotatable bonds is 21. The van der Waals surface area contributed by atoms with Crippen molar-refractivity contribution in [2.24, 2.45) is 13.0 Å². The van der Waals surface area contributed by atoms with Gasteiger partial charge in [0, 0.05) is 14.2 Å². The van der Waals surface area contributed by atoms with Gasteiger partial charge in [-0.25, -0.2) is 43.0 Å². The van der Waals surface area contributed by atoms with Crippen LogP contribution in [0.5, 0.6) is 0 Å². The number of nitrogens with two attached hydrogens (primary N) is 3. The standard InChI is InChI=1S/C35H48N16O25P4/c1-39-35(57)67-4-12-13(71-30(19(12)52)51-11-48(2)18-27(51)45-34(38)47-29(18)56)5-69-78(60,61)75-80(64,65)76-79(62,63)70-7-15-22(23(66-3)32(73-15)49-9-42-16-24(36)40-8-41-25(16)49)74-77(58,59)68-6-14-20(53)21(54)31(72-14)50-10-43-17-26(50)44-33(37)46-28(17)55/h8-15,19-23,30-32,52-54H,4-7H2,1-3H3,(H12-,36,37,38,39,40,41,44,45,46,47,55,56,57,58,59,60,61,62,63,64,65)/t12-,13-,14-,15?,19-,20-,21-,22-,23-,30-,31-,32-/m1/s1. The molecule has 0 spiro atoms. The number of carbonyl (C=O) groups excluding carboxylic acids is 1. The van der Waals surface area contributed by atoms with E-state index >= 15 is 0 Å².